The molecule has 2 aromatic carbocycles. The van der Waals surface area contributed by atoms with E-state index in [-0.39, 0.29) is 31.1 Å². The zero-order chi connectivity index (χ0) is 18.9. The van der Waals surface area contributed by atoms with E-state index < -0.39 is 18.0 Å². The number of carbonyl (C=O) groups excluding carboxylic acids is 2. The van der Waals surface area contributed by atoms with Crippen LogP contribution in [0.5, 0.6) is 11.5 Å². The van der Waals surface area contributed by atoms with Crippen LogP contribution in [0.15, 0.2) is 48.5 Å². The van der Waals surface area contributed by atoms with Crippen molar-refractivity contribution < 1.29 is 29.3 Å². The highest BCUT2D eigenvalue weighted by atomic mass is 16.5. The van der Waals surface area contributed by atoms with Crippen LogP contribution < -0.4 is 5.73 Å². The molecule has 0 aromatic heterocycles. The summed E-state index contributed by atoms with van der Waals surface area (Å²) in [5.74, 6) is -1.54. The molecule has 7 heteroatoms. The lowest BCUT2D eigenvalue weighted by Gasteiger charge is -2.12. The molecule has 0 spiro atoms. The van der Waals surface area contributed by atoms with Crippen molar-refractivity contribution in [2.45, 2.75) is 18.9 Å². The summed E-state index contributed by atoms with van der Waals surface area (Å²) in [5.41, 5.74) is 6.83. The molecule has 4 N–H and O–H groups in total. The number of benzene rings is 2. The predicted octanol–water partition coefficient (Wildman–Crippen LogP) is 1.76. The highest BCUT2D eigenvalue weighted by Crippen LogP contribution is 2.25. The molecular weight excluding hydrogens is 338 g/mol. The van der Waals surface area contributed by atoms with E-state index in [4.69, 9.17) is 15.2 Å². The Morgan fingerprint density at radius 2 is 1.65 bits per heavy atom. The first-order chi connectivity index (χ1) is 12.5. The quantitative estimate of drug-likeness (QED) is 0.373. The normalized spacial score (nSPS) is 11.6. The Morgan fingerprint density at radius 3 is 2.35 bits per heavy atom. The van der Waals surface area contributed by atoms with Gasteiger partial charge in [0.15, 0.2) is 11.5 Å². The zero-order valence-corrected chi connectivity index (χ0v) is 14.1. The van der Waals surface area contributed by atoms with Crippen molar-refractivity contribution in [3.63, 3.8) is 0 Å². The summed E-state index contributed by atoms with van der Waals surface area (Å²) in [4.78, 5) is 23.6. The first-order valence-electron chi connectivity index (χ1n) is 8.12. The third-order valence-electron chi connectivity index (χ3n) is 3.57. The number of hydrogen-bond acceptors (Lipinski definition) is 7. The Morgan fingerprint density at radius 1 is 0.962 bits per heavy atom. The summed E-state index contributed by atoms with van der Waals surface area (Å²) in [7, 11) is 0. The lowest BCUT2D eigenvalue weighted by Crippen LogP contribution is -2.34. The molecule has 0 aliphatic rings. The Hall–Kier alpha value is -3.06. The van der Waals surface area contributed by atoms with Gasteiger partial charge in [0.2, 0.25) is 0 Å². The first-order valence-corrected chi connectivity index (χ1v) is 8.12. The van der Waals surface area contributed by atoms with Gasteiger partial charge in [-0.3, -0.25) is 4.79 Å². The molecule has 1 atom stereocenters. The van der Waals surface area contributed by atoms with E-state index in [1.54, 1.807) is 36.4 Å². The number of aromatic hydroxyl groups is 2. The van der Waals surface area contributed by atoms with Crippen LogP contribution >= 0.6 is 0 Å². The molecule has 0 fully saturated rings. The highest BCUT2D eigenvalue weighted by molar-refractivity contribution is 5.89. The van der Waals surface area contributed by atoms with Crippen LogP contribution in [0.4, 0.5) is 0 Å². The third kappa shape index (κ3) is 5.78. The predicted molar refractivity (Wildman–Crippen MR) is 93.8 cm³/mol. The maximum absolute atomic E-state index is 11.9. The van der Waals surface area contributed by atoms with Crippen molar-refractivity contribution in [1.82, 2.24) is 0 Å². The summed E-state index contributed by atoms with van der Waals surface area (Å²) in [6, 6.07) is 11.9. The smallest absolute Gasteiger partial charge is 0.338 e. The van der Waals surface area contributed by atoms with E-state index in [2.05, 4.69) is 0 Å². The van der Waals surface area contributed by atoms with Gasteiger partial charge in [0, 0.05) is 6.42 Å². The molecule has 138 valence electrons. The van der Waals surface area contributed by atoms with Crippen molar-refractivity contribution in [2.24, 2.45) is 5.73 Å². The number of nitrogens with two attached hydrogens (primary N) is 1. The van der Waals surface area contributed by atoms with Crippen LogP contribution in [0.3, 0.4) is 0 Å². The van der Waals surface area contributed by atoms with Gasteiger partial charge >= 0.3 is 11.9 Å². The molecule has 0 unspecified atom stereocenters. The van der Waals surface area contributed by atoms with Crippen molar-refractivity contribution >= 4 is 11.9 Å². The van der Waals surface area contributed by atoms with Gasteiger partial charge in [0.05, 0.1) is 18.8 Å². The standard InChI is InChI=1S/C19H21NO6/c20-15(11-13-7-8-16(21)17(22)12-13)19(24)26-10-4-9-25-18(23)14-5-2-1-3-6-14/h1-3,5-8,12,15,21-22H,4,9-11,20H2/t15-/m0/s1. The van der Waals surface area contributed by atoms with Crippen LogP contribution in [0.2, 0.25) is 0 Å². The molecule has 0 saturated heterocycles. The van der Waals surface area contributed by atoms with Crippen LogP contribution in [0.25, 0.3) is 0 Å². The van der Waals surface area contributed by atoms with Gasteiger partial charge in [0.25, 0.3) is 0 Å². The van der Waals surface area contributed by atoms with E-state index in [0.717, 1.165) is 0 Å². The number of rotatable bonds is 8. The van der Waals surface area contributed by atoms with Crippen molar-refractivity contribution in [1.29, 1.82) is 0 Å². The second kappa shape index (κ2) is 9.43. The summed E-state index contributed by atoms with van der Waals surface area (Å²) >= 11 is 0. The summed E-state index contributed by atoms with van der Waals surface area (Å²) < 4.78 is 10.1. The van der Waals surface area contributed by atoms with E-state index in [0.29, 0.717) is 17.5 Å². The van der Waals surface area contributed by atoms with Gasteiger partial charge in [-0.2, -0.15) is 0 Å². The van der Waals surface area contributed by atoms with E-state index >= 15 is 0 Å². The molecule has 0 radical (unpaired) electrons. The number of phenolic OH excluding ortho intramolecular Hbond substituents is 2. The largest absolute Gasteiger partial charge is 0.504 e. The molecule has 0 aliphatic heterocycles. The fraction of sp³-hybridized carbons (Fsp3) is 0.263. The number of carbonyl (C=O) groups is 2. The Bertz CT molecular complexity index is 747. The average Bonchev–Trinajstić information content (AvgIpc) is 2.64. The van der Waals surface area contributed by atoms with E-state index in [1.165, 1.54) is 12.1 Å². The Labute approximate surface area is 151 Å². The minimum absolute atomic E-state index is 0.0788. The molecular formula is C19H21NO6. The molecule has 0 heterocycles. The molecule has 26 heavy (non-hydrogen) atoms. The van der Waals surface area contributed by atoms with Crippen molar-refractivity contribution in [3.8, 4) is 11.5 Å². The van der Waals surface area contributed by atoms with E-state index in [1.807, 2.05) is 0 Å². The molecule has 7 nitrogen and oxygen atoms in total. The maximum atomic E-state index is 11.9. The molecule has 0 bridgehead atoms. The van der Waals surface area contributed by atoms with Crippen LogP contribution in [-0.4, -0.2) is 41.4 Å². The number of hydrogen-bond donors (Lipinski definition) is 3. The topological polar surface area (TPSA) is 119 Å². The van der Waals surface area contributed by atoms with Crippen molar-refractivity contribution in [3.05, 3.63) is 59.7 Å². The van der Waals surface area contributed by atoms with Crippen molar-refractivity contribution in [2.75, 3.05) is 13.2 Å². The highest BCUT2D eigenvalue weighted by Gasteiger charge is 2.16. The monoisotopic (exact) mass is 359 g/mol. The molecule has 0 amide bonds. The van der Waals surface area contributed by atoms with Gasteiger partial charge in [0.1, 0.15) is 6.04 Å². The van der Waals surface area contributed by atoms with Crippen LogP contribution in [0.1, 0.15) is 22.3 Å². The molecule has 2 rings (SSSR count). The SMILES string of the molecule is N[C@@H](Cc1ccc(O)c(O)c1)C(=O)OCCCOC(=O)c1ccccc1. The number of esters is 2. The summed E-state index contributed by atoms with van der Waals surface area (Å²) in [6.07, 6.45) is 0.521. The van der Waals surface area contributed by atoms with E-state index in [9.17, 15) is 19.8 Å². The van der Waals surface area contributed by atoms with Crippen LogP contribution in [-0.2, 0) is 20.7 Å². The second-order valence-corrected chi connectivity index (χ2v) is 5.66. The summed E-state index contributed by atoms with van der Waals surface area (Å²) in [6.45, 7) is 0.206. The zero-order valence-electron chi connectivity index (χ0n) is 14.1. The van der Waals surface area contributed by atoms with Gasteiger partial charge in [-0.15, -0.1) is 0 Å². The molecule has 0 saturated carbocycles. The lowest BCUT2D eigenvalue weighted by molar-refractivity contribution is -0.145. The van der Waals surface area contributed by atoms with Gasteiger partial charge < -0.3 is 25.4 Å². The minimum Gasteiger partial charge on any atom is -0.504 e. The fourth-order valence-corrected chi connectivity index (χ4v) is 2.19. The fourth-order valence-electron chi connectivity index (χ4n) is 2.19. The van der Waals surface area contributed by atoms with Crippen LogP contribution in [0, 0.1) is 0 Å². The Balaban J connectivity index is 1.66. The van der Waals surface area contributed by atoms with Gasteiger partial charge in [-0.1, -0.05) is 24.3 Å². The molecule has 2 aromatic rings. The minimum atomic E-state index is -0.897. The lowest BCUT2D eigenvalue weighted by atomic mass is 10.1. The Kier molecular flexibility index (Phi) is 6.99. The average molecular weight is 359 g/mol. The summed E-state index contributed by atoms with van der Waals surface area (Å²) in [5, 5.41) is 18.7. The second-order valence-electron chi connectivity index (χ2n) is 5.66. The third-order valence-corrected chi connectivity index (χ3v) is 3.57. The number of ether oxygens (including phenoxy) is 2. The van der Waals surface area contributed by atoms with Gasteiger partial charge in [-0.25, -0.2) is 4.79 Å². The molecule has 0 aliphatic carbocycles. The first kappa shape index (κ1) is 19.3. The maximum Gasteiger partial charge on any atom is 0.338 e. The number of phenols is 2. The van der Waals surface area contributed by atoms with Gasteiger partial charge in [-0.05, 0) is 36.2 Å².